The first-order chi connectivity index (χ1) is 10.2. The van der Waals surface area contributed by atoms with Crippen LogP contribution in [0.4, 0.5) is 0 Å². The molecule has 0 unspecified atom stereocenters. The van der Waals surface area contributed by atoms with Gasteiger partial charge in [-0.05, 0) is 24.8 Å². The number of rotatable bonds is 2. The summed E-state index contributed by atoms with van der Waals surface area (Å²) in [6.07, 6.45) is 2.46. The Morgan fingerprint density at radius 3 is 3.14 bits per heavy atom. The van der Waals surface area contributed by atoms with Gasteiger partial charge in [0, 0.05) is 6.54 Å². The lowest BCUT2D eigenvalue weighted by Crippen LogP contribution is -2.44. The second-order valence-corrected chi connectivity index (χ2v) is 5.92. The number of carbonyl (C=O) groups is 2. The fourth-order valence-corrected chi connectivity index (χ4v) is 3.76. The van der Waals surface area contributed by atoms with Gasteiger partial charge in [-0.1, -0.05) is 0 Å². The Kier molecular flexibility index (Phi) is 2.65. The van der Waals surface area contributed by atoms with Crippen molar-refractivity contribution in [2.45, 2.75) is 19.4 Å². The monoisotopic (exact) mass is 303 g/mol. The number of aromatic nitrogens is 2. The molecule has 2 aliphatic rings. The molecule has 0 saturated carbocycles. The second kappa shape index (κ2) is 4.42. The van der Waals surface area contributed by atoms with Crippen molar-refractivity contribution >= 4 is 23.2 Å². The average molecular weight is 303 g/mol. The van der Waals surface area contributed by atoms with Crippen molar-refractivity contribution in [2.75, 3.05) is 13.2 Å². The fraction of sp³-hybridized carbons (Fsp3) is 0.357. The number of imidazole rings is 1. The largest absolute Gasteiger partial charge is 0.461 e. The number of ether oxygens (including phenoxy) is 1. The van der Waals surface area contributed by atoms with Crippen LogP contribution in [0.5, 0.6) is 0 Å². The van der Waals surface area contributed by atoms with Crippen molar-refractivity contribution in [1.29, 1.82) is 0 Å². The van der Waals surface area contributed by atoms with Crippen molar-refractivity contribution in [2.24, 2.45) is 0 Å². The SMILES string of the molecule is CCOC(=O)c1ncn2c1[C@@H]1CCN1C(=O)c1sccc1-2. The molecule has 0 N–H and O–H groups in total. The van der Waals surface area contributed by atoms with Crippen LogP contribution in [-0.2, 0) is 4.74 Å². The van der Waals surface area contributed by atoms with Crippen molar-refractivity contribution in [3.63, 3.8) is 0 Å². The van der Waals surface area contributed by atoms with Crippen LogP contribution in [0.15, 0.2) is 17.8 Å². The minimum atomic E-state index is -0.427. The molecule has 0 aromatic carbocycles. The highest BCUT2D eigenvalue weighted by molar-refractivity contribution is 7.12. The number of amides is 1. The van der Waals surface area contributed by atoms with Gasteiger partial charge in [-0.3, -0.25) is 9.36 Å². The Balaban J connectivity index is 1.92. The minimum absolute atomic E-state index is 0.0368. The normalized spacial score (nSPS) is 19.2. The van der Waals surface area contributed by atoms with E-state index in [9.17, 15) is 9.59 Å². The first-order valence-electron chi connectivity index (χ1n) is 6.85. The summed E-state index contributed by atoms with van der Waals surface area (Å²) < 4.78 is 6.94. The molecule has 0 aliphatic carbocycles. The molecule has 2 aromatic rings. The van der Waals surface area contributed by atoms with E-state index in [4.69, 9.17) is 4.74 Å². The minimum Gasteiger partial charge on any atom is -0.461 e. The molecule has 1 amide bonds. The van der Waals surface area contributed by atoms with Gasteiger partial charge in [0.05, 0.1) is 24.0 Å². The lowest BCUT2D eigenvalue weighted by atomic mass is 9.98. The van der Waals surface area contributed by atoms with Crippen molar-refractivity contribution in [1.82, 2.24) is 14.5 Å². The number of esters is 1. The molecular formula is C14H13N3O3S. The molecule has 1 saturated heterocycles. The number of thiophene rings is 1. The molecule has 0 spiro atoms. The van der Waals surface area contributed by atoms with Gasteiger partial charge < -0.3 is 9.64 Å². The standard InChI is InChI=1S/C14H13N3O3S/c1-2-20-14(19)10-11-8-3-5-16(8)13(18)12-9(4-6-21-12)17(11)7-15-10/h4,6-8H,2-3,5H2,1H3/t8-/m0/s1. The van der Waals surface area contributed by atoms with Gasteiger partial charge in [-0.2, -0.15) is 0 Å². The summed E-state index contributed by atoms with van der Waals surface area (Å²) in [6, 6.07) is 1.81. The zero-order valence-corrected chi connectivity index (χ0v) is 12.2. The van der Waals surface area contributed by atoms with E-state index in [1.165, 1.54) is 11.3 Å². The summed E-state index contributed by atoms with van der Waals surface area (Å²) >= 11 is 1.42. The molecule has 21 heavy (non-hydrogen) atoms. The Hall–Kier alpha value is -2.15. The molecule has 108 valence electrons. The highest BCUT2D eigenvalue weighted by Gasteiger charge is 2.43. The van der Waals surface area contributed by atoms with Crippen LogP contribution in [0.2, 0.25) is 0 Å². The number of carbonyl (C=O) groups excluding carboxylic acids is 2. The highest BCUT2D eigenvalue weighted by Crippen LogP contribution is 2.42. The smallest absolute Gasteiger partial charge is 0.358 e. The van der Waals surface area contributed by atoms with E-state index >= 15 is 0 Å². The molecule has 2 aliphatic heterocycles. The first-order valence-corrected chi connectivity index (χ1v) is 7.73. The quantitative estimate of drug-likeness (QED) is 0.796. The third-order valence-corrected chi connectivity index (χ3v) is 4.86. The van der Waals surface area contributed by atoms with Gasteiger partial charge in [0.1, 0.15) is 11.2 Å². The molecule has 2 aromatic heterocycles. The Morgan fingerprint density at radius 2 is 2.43 bits per heavy atom. The Bertz CT molecular complexity index is 748. The van der Waals surface area contributed by atoms with Crippen LogP contribution < -0.4 is 0 Å². The predicted molar refractivity (Wildman–Crippen MR) is 75.8 cm³/mol. The van der Waals surface area contributed by atoms with Crippen LogP contribution in [-0.4, -0.2) is 39.5 Å². The van der Waals surface area contributed by atoms with E-state index in [2.05, 4.69) is 4.98 Å². The molecule has 4 rings (SSSR count). The highest BCUT2D eigenvalue weighted by atomic mass is 32.1. The molecular weight excluding hydrogens is 290 g/mol. The number of fused-ring (bicyclic) bond motifs is 5. The van der Waals surface area contributed by atoms with Gasteiger partial charge in [-0.25, -0.2) is 9.78 Å². The van der Waals surface area contributed by atoms with Crippen molar-refractivity contribution in [3.05, 3.63) is 34.0 Å². The van der Waals surface area contributed by atoms with E-state index in [0.29, 0.717) is 23.7 Å². The second-order valence-electron chi connectivity index (χ2n) is 5.01. The third-order valence-electron chi connectivity index (χ3n) is 3.97. The van der Waals surface area contributed by atoms with Crippen LogP contribution in [0, 0.1) is 0 Å². The van der Waals surface area contributed by atoms with Crippen LogP contribution in [0.1, 0.15) is 45.2 Å². The maximum atomic E-state index is 12.5. The summed E-state index contributed by atoms with van der Waals surface area (Å²) in [4.78, 5) is 31.4. The Morgan fingerprint density at radius 1 is 1.57 bits per heavy atom. The Labute approximate surface area is 125 Å². The van der Waals surface area contributed by atoms with Crippen molar-refractivity contribution < 1.29 is 14.3 Å². The zero-order chi connectivity index (χ0) is 14.6. The van der Waals surface area contributed by atoms with E-state index in [1.807, 2.05) is 16.0 Å². The fourth-order valence-electron chi connectivity index (χ4n) is 2.92. The lowest BCUT2D eigenvalue weighted by Gasteiger charge is -2.39. The van der Waals surface area contributed by atoms with E-state index in [0.717, 1.165) is 17.8 Å². The molecule has 1 fully saturated rings. The average Bonchev–Trinajstić information content (AvgIpc) is 3.02. The lowest BCUT2D eigenvalue weighted by molar-refractivity contribution is 0.0431. The number of hydrogen-bond acceptors (Lipinski definition) is 5. The summed E-state index contributed by atoms with van der Waals surface area (Å²) in [6.45, 7) is 2.79. The summed E-state index contributed by atoms with van der Waals surface area (Å²) in [5.74, 6) is -0.390. The van der Waals surface area contributed by atoms with Crippen LogP contribution >= 0.6 is 11.3 Å². The number of hydrogen-bond donors (Lipinski definition) is 0. The summed E-state index contributed by atoms with van der Waals surface area (Å²) in [7, 11) is 0. The van der Waals surface area contributed by atoms with Gasteiger partial charge in [0.15, 0.2) is 5.69 Å². The third kappa shape index (κ3) is 1.61. The van der Waals surface area contributed by atoms with Gasteiger partial charge in [0.2, 0.25) is 0 Å². The molecule has 0 radical (unpaired) electrons. The van der Waals surface area contributed by atoms with E-state index < -0.39 is 5.97 Å². The first kappa shape index (κ1) is 12.6. The van der Waals surface area contributed by atoms with Gasteiger partial charge in [0.25, 0.3) is 5.91 Å². The maximum Gasteiger partial charge on any atom is 0.358 e. The van der Waals surface area contributed by atoms with E-state index in [-0.39, 0.29) is 11.9 Å². The maximum absolute atomic E-state index is 12.5. The zero-order valence-electron chi connectivity index (χ0n) is 11.4. The number of nitrogens with zero attached hydrogens (tertiary/aromatic N) is 3. The molecule has 4 heterocycles. The van der Waals surface area contributed by atoms with Crippen molar-refractivity contribution in [3.8, 4) is 5.69 Å². The summed E-state index contributed by atoms with van der Waals surface area (Å²) in [5.41, 5.74) is 1.89. The summed E-state index contributed by atoms with van der Waals surface area (Å²) in [5, 5.41) is 1.89. The van der Waals surface area contributed by atoms with Gasteiger partial charge in [-0.15, -0.1) is 11.3 Å². The molecule has 0 bridgehead atoms. The van der Waals surface area contributed by atoms with E-state index in [1.54, 1.807) is 18.2 Å². The van der Waals surface area contributed by atoms with Crippen LogP contribution in [0.3, 0.4) is 0 Å². The molecule has 7 heteroatoms. The van der Waals surface area contributed by atoms with Crippen LogP contribution in [0.25, 0.3) is 5.69 Å². The molecule has 1 atom stereocenters. The van der Waals surface area contributed by atoms with Gasteiger partial charge >= 0.3 is 5.97 Å². The predicted octanol–water partition coefficient (Wildman–Crippen LogP) is 2.01. The topological polar surface area (TPSA) is 64.4 Å². The molecule has 6 nitrogen and oxygen atoms in total.